The molecule has 1 aliphatic heterocycles. The van der Waals surface area contributed by atoms with E-state index in [9.17, 15) is 4.79 Å². The first-order chi connectivity index (χ1) is 11.7. The van der Waals surface area contributed by atoms with Crippen LogP contribution in [0.25, 0.3) is 0 Å². The second kappa shape index (κ2) is 7.77. The maximum absolute atomic E-state index is 12.7. The summed E-state index contributed by atoms with van der Waals surface area (Å²) in [5.41, 5.74) is 1.74. The average molecular weight is 344 g/mol. The third kappa shape index (κ3) is 3.94. The number of hydrogen-bond donors (Lipinski definition) is 0. The van der Waals surface area contributed by atoms with Gasteiger partial charge in [-0.2, -0.15) is 0 Å². The predicted octanol–water partition coefficient (Wildman–Crippen LogP) is 3.47. The van der Waals surface area contributed by atoms with Crippen LogP contribution in [0.1, 0.15) is 29.4 Å². The second-order valence-electron chi connectivity index (χ2n) is 6.13. The lowest BCUT2D eigenvalue weighted by atomic mass is 10.1. The molecule has 0 saturated carbocycles. The van der Waals surface area contributed by atoms with Crippen molar-refractivity contribution in [2.45, 2.75) is 25.9 Å². The van der Waals surface area contributed by atoms with E-state index in [2.05, 4.69) is 41.1 Å². The van der Waals surface area contributed by atoms with E-state index in [-0.39, 0.29) is 5.91 Å². The van der Waals surface area contributed by atoms with E-state index in [0.29, 0.717) is 16.8 Å². The van der Waals surface area contributed by atoms with Gasteiger partial charge in [0.15, 0.2) is 0 Å². The van der Waals surface area contributed by atoms with E-state index >= 15 is 0 Å². The summed E-state index contributed by atoms with van der Waals surface area (Å²) in [6.07, 6.45) is 2.60. The van der Waals surface area contributed by atoms with Crippen LogP contribution in [0.3, 0.4) is 0 Å². The maximum atomic E-state index is 12.7. The summed E-state index contributed by atoms with van der Waals surface area (Å²) in [6.45, 7) is 5.43. The molecule has 3 rings (SSSR count). The number of amides is 1. The van der Waals surface area contributed by atoms with Gasteiger partial charge in [0.1, 0.15) is 5.69 Å². The molecule has 1 aliphatic rings. The Morgan fingerprint density at radius 3 is 2.75 bits per heavy atom. The second-order valence-corrected chi connectivity index (χ2v) is 6.57. The van der Waals surface area contributed by atoms with Gasteiger partial charge in [-0.3, -0.25) is 14.7 Å². The molecule has 2 heterocycles. The molecule has 0 radical (unpaired) electrons. The maximum Gasteiger partial charge on any atom is 0.272 e. The van der Waals surface area contributed by atoms with Crippen molar-refractivity contribution in [3.05, 3.63) is 64.9 Å². The Balaban J connectivity index is 1.67. The Kier molecular flexibility index (Phi) is 5.48. The van der Waals surface area contributed by atoms with E-state index in [1.165, 1.54) is 5.56 Å². The molecule has 0 aliphatic carbocycles. The van der Waals surface area contributed by atoms with E-state index in [1.807, 2.05) is 11.0 Å². The van der Waals surface area contributed by atoms with Crippen molar-refractivity contribution in [2.75, 3.05) is 19.6 Å². The van der Waals surface area contributed by atoms with E-state index in [1.54, 1.807) is 18.3 Å². The average Bonchev–Trinajstić information content (AvgIpc) is 2.62. The molecule has 1 aromatic heterocycles. The van der Waals surface area contributed by atoms with Crippen molar-refractivity contribution in [1.29, 1.82) is 0 Å². The number of aromatic nitrogens is 1. The molecule has 5 heteroatoms. The normalized spacial score (nSPS) is 18.6. The molecular weight excluding hydrogens is 322 g/mol. The number of piperazine rings is 1. The van der Waals surface area contributed by atoms with E-state index < -0.39 is 0 Å². The lowest BCUT2D eigenvalue weighted by Crippen LogP contribution is -2.54. The van der Waals surface area contributed by atoms with Crippen LogP contribution in [0, 0.1) is 0 Å². The van der Waals surface area contributed by atoms with Crippen LogP contribution < -0.4 is 0 Å². The van der Waals surface area contributed by atoms with Gasteiger partial charge in [0.05, 0.1) is 0 Å². The molecule has 126 valence electrons. The summed E-state index contributed by atoms with van der Waals surface area (Å²) < 4.78 is 0. The highest BCUT2D eigenvalue weighted by Gasteiger charge is 2.29. The summed E-state index contributed by atoms with van der Waals surface area (Å²) in [6, 6.07) is 14.2. The molecule has 1 fully saturated rings. The molecule has 1 atom stereocenters. The number of carbonyl (C=O) groups is 1. The minimum absolute atomic E-state index is 0.0321. The first-order valence-corrected chi connectivity index (χ1v) is 8.74. The predicted molar refractivity (Wildman–Crippen MR) is 96.1 cm³/mol. The Morgan fingerprint density at radius 1 is 1.25 bits per heavy atom. The Labute approximate surface area is 148 Å². The standard InChI is InChI=1S/C19H22ClN3O/c1-2-17-14-23(19(24)18-12-16(20)8-9-21-18)11-10-22(17)13-15-6-4-3-5-7-15/h3-9,12,17H,2,10-11,13-14H2,1H3/t17-/m1/s1. The fraction of sp³-hybridized carbons (Fsp3) is 0.368. The quantitative estimate of drug-likeness (QED) is 0.852. The number of rotatable bonds is 4. The van der Waals surface area contributed by atoms with Crippen molar-refractivity contribution in [2.24, 2.45) is 0 Å². The van der Waals surface area contributed by atoms with Gasteiger partial charge in [0.25, 0.3) is 5.91 Å². The van der Waals surface area contributed by atoms with E-state index in [4.69, 9.17) is 11.6 Å². The monoisotopic (exact) mass is 343 g/mol. The van der Waals surface area contributed by atoms with Gasteiger partial charge in [-0.25, -0.2) is 0 Å². The van der Waals surface area contributed by atoms with Gasteiger partial charge >= 0.3 is 0 Å². The number of halogens is 1. The van der Waals surface area contributed by atoms with Gasteiger partial charge in [-0.05, 0) is 24.1 Å². The Morgan fingerprint density at radius 2 is 2.04 bits per heavy atom. The minimum Gasteiger partial charge on any atom is -0.334 e. The highest BCUT2D eigenvalue weighted by molar-refractivity contribution is 6.30. The SMILES string of the molecule is CC[C@@H]1CN(C(=O)c2cc(Cl)ccn2)CCN1Cc1ccccc1. The Bertz CT molecular complexity index is 692. The van der Waals surface area contributed by atoms with Crippen molar-refractivity contribution in [3.8, 4) is 0 Å². The summed E-state index contributed by atoms with van der Waals surface area (Å²) in [5, 5.41) is 0.545. The van der Waals surface area contributed by atoms with E-state index in [0.717, 1.165) is 32.6 Å². The first-order valence-electron chi connectivity index (χ1n) is 8.36. The summed E-state index contributed by atoms with van der Waals surface area (Å²) in [5.74, 6) is -0.0321. The zero-order valence-corrected chi connectivity index (χ0v) is 14.6. The third-order valence-corrected chi connectivity index (χ3v) is 4.77. The number of nitrogens with zero attached hydrogens (tertiary/aromatic N) is 3. The topological polar surface area (TPSA) is 36.4 Å². The van der Waals surface area contributed by atoms with Gasteiger partial charge in [-0.1, -0.05) is 48.9 Å². The smallest absolute Gasteiger partial charge is 0.272 e. The molecule has 2 aromatic rings. The van der Waals surface area contributed by atoms with Crippen LogP contribution in [-0.4, -0.2) is 46.4 Å². The minimum atomic E-state index is -0.0321. The third-order valence-electron chi connectivity index (χ3n) is 4.53. The van der Waals surface area contributed by atoms with Crippen LogP contribution in [0.15, 0.2) is 48.7 Å². The van der Waals surface area contributed by atoms with Crippen LogP contribution in [0.5, 0.6) is 0 Å². The molecule has 1 saturated heterocycles. The molecular formula is C19H22ClN3O. The fourth-order valence-electron chi connectivity index (χ4n) is 3.17. The number of carbonyl (C=O) groups excluding carboxylic acids is 1. The van der Waals surface area contributed by atoms with Crippen molar-refractivity contribution in [3.63, 3.8) is 0 Å². The fourth-order valence-corrected chi connectivity index (χ4v) is 3.33. The van der Waals surface area contributed by atoms with Crippen LogP contribution >= 0.6 is 11.6 Å². The molecule has 24 heavy (non-hydrogen) atoms. The van der Waals surface area contributed by atoms with Crippen molar-refractivity contribution in [1.82, 2.24) is 14.8 Å². The molecule has 0 unspecified atom stereocenters. The molecule has 1 aromatic carbocycles. The zero-order chi connectivity index (χ0) is 16.9. The van der Waals surface area contributed by atoms with Gasteiger partial charge in [0, 0.05) is 43.4 Å². The molecule has 0 spiro atoms. The van der Waals surface area contributed by atoms with Crippen molar-refractivity contribution < 1.29 is 4.79 Å². The zero-order valence-electron chi connectivity index (χ0n) is 13.9. The molecule has 4 nitrogen and oxygen atoms in total. The Hall–Kier alpha value is -1.91. The largest absolute Gasteiger partial charge is 0.334 e. The van der Waals surface area contributed by atoms with Crippen molar-refractivity contribution >= 4 is 17.5 Å². The van der Waals surface area contributed by atoms with Crippen LogP contribution in [0.4, 0.5) is 0 Å². The highest BCUT2D eigenvalue weighted by atomic mass is 35.5. The highest BCUT2D eigenvalue weighted by Crippen LogP contribution is 2.18. The molecule has 0 N–H and O–H groups in total. The van der Waals surface area contributed by atoms with Crippen LogP contribution in [-0.2, 0) is 6.54 Å². The number of pyridine rings is 1. The van der Waals surface area contributed by atoms with Crippen LogP contribution in [0.2, 0.25) is 5.02 Å². The van der Waals surface area contributed by atoms with Gasteiger partial charge in [-0.15, -0.1) is 0 Å². The summed E-state index contributed by atoms with van der Waals surface area (Å²) in [7, 11) is 0. The van der Waals surface area contributed by atoms with Gasteiger partial charge < -0.3 is 4.90 Å². The first kappa shape index (κ1) is 16.9. The summed E-state index contributed by atoms with van der Waals surface area (Å²) in [4.78, 5) is 21.2. The molecule has 0 bridgehead atoms. The lowest BCUT2D eigenvalue weighted by molar-refractivity contribution is 0.0446. The number of benzene rings is 1. The lowest BCUT2D eigenvalue weighted by Gasteiger charge is -2.41. The van der Waals surface area contributed by atoms with Gasteiger partial charge in [0.2, 0.25) is 0 Å². The summed E-state index contributed by atoms with van der Waals surface area (Å²) >= 11 is 5.98. The molecule has 1 amide bonds. The number of hydrogen-bond acceptors (Lipinski definition) is 3.